The maximum Gasteiger partial charge on any atom is 0.191 e. The number of nitrogens with zero attached hydrogens (tertiary/aromatic N) is 1. The molecule has 7 nitrogen and oxygen atoms in total. The molecule has 0 heterocycles. The van der Waals surface area contributed by atoms with Gasteiger partial charge in [-0.2, -0.15) is 0 Å². The molecule has 166 valence electrons. The Hall–Kier alpha value is -1.14. The summed E-state index contributed by atoms with van der Waals surface area (Å²) in [6.45, 7) is 3.48. The van der Waals surface area contributed by atoms with Gasteiger partial charge in [-0.25, -0.2) is 12.8 Å². The Bertz CT molecular complexity index is 773. The molecule has 1 aromatic carbocycles. The lowest BCUT2D eigenvalue weighted by Gasteiger charge is -2.19. The molecule has 1 unspecified atom stereocenters. The van der Waals surface area contributed by atoms with Crippen LogP contribution in [0.4, 0.5) is 4.39 Å². The number of benzene rings is 1. The van der Waals surface area contributed by atoms with E-state index in [1.54, 1.807) is 13.1 Å². The number of halogens is 2. The number of aliphatic imine (C=N–C) groups is 1. The number of rotatable bonds is 11. The maximum absolute atomic E-state index is 14.2. The first-order valence-electron chi connectivity index (χ1n) is 9.43. The monoisotopic (exact) mass is 543 g/mol. The molecule has 1 aromatic rings. The largest absolute Gasteiger partial charge is 0.490 e. The highest BCUT2D eigenvalue weighted by Crippen LogP contribution is 2.30. The fourth-order valence-electron chi connectivity index (χ4n) is 2.43. The van der Waals surface area contributed by atoms with Crippen molar-refractivity contribution in [2.45, 2.75) is 25.8 Å². The third-order valence-electron chi connectivity index (χ3n) is 4.34. The molecule has 0 saturated heterocycles. The summed E-state index contributed by atoms with van der Waals surface area (Å²) in [5, 5.41) is 6.26. The second-order valence-electron chi connectivity index (χ2n) is 7.05. The molecule has 1 saturated carbocycles. The van der Waals surface area contributed by atoms with Gasteiger partial charge in [0.05, 0.1) is 31.6 Å². The van der Waals surface area contributed by atoms with E-state index in [9.17, 15) is 12.8 Å². The van der Waals surface area contributed by atoms with Gasteiger partial charge in [0.2, 0.25) is 0 Å². The van der Waals surface area contributed by atoms with Crippen molar-refractivity contribution >= 4 is 39.8 Å². The minimum absolute atomic E-state index is 0. The van der Waals surface area contributed by atoms with Gasteiger partial charge >= 0.3 is 0 Å². The minimum Gasteiger partial charge on any atom is -0.490 e. The fourth-order valence-corrected chi connectivity index (χ4v) is 2.85. The molecule has 0 aliphatic heterocycles. The lowest BCUT2D eigenvalue weighted by Crippen LogP contribution is -2.40. The first-order valence-corrected chi connectivity index (χ1v) is 11.5. The number of guanidine groups is 1. The highest BCUT2D eigenvalue weighted by Gasteiger charge is 2.22. The van der Waals surface area contributed by atoms with Crippen LogP contribution in [0.25, 0.3) is 0 Å². The SMILES string of the molecule is CN=C(NCCOCCS(C)(=O)=O)NC(C)c1ccc(OCC2CC2)c(F)c1.I. The molecule has 0 bridgehead atoms. The lowest BCUT2D eigenvalue weighted by atomic mass is 10.1. The van der Waals surface area contributed by atoms with Crippen molar-refractivity contribution in [3.8, 4) is 5.75 Å². The third-order valence-corrected chi connectivity index (χ3v) is 5.25. The van der Waals surface area contributed by atoms with Crippen LogP contribution < -0.4 is 15.4 Å². The van der Waals surface area contributed by atoms with Crippen LogP contribution in [0.1, 0.15) is 31.4 Å². The van der Waals surface area contributed by atoms with Gasteiger partial charge in [-0.1, -0.05) is 6.07 Å². The lowest BCUT2D eigenvalue weighted by molar-refractivity contribution is 0.154. The Morgan fingerprint density at radius 2 is 2.07 bits per heavy atom. The van der Waals surface area contributed by atoms with Crippen LogP contribution in [0.3, 0.4) is 0 Å². The van der Waals surface area contributed by atoms with Gasteiger partial charge in [0.1, 0.15) is 9.84 Å². The van der Waals surface area contributed by atoms with E-state index >= 15 is 0 Å². The molecule has 10 heteroatoms. The molecule has 0 amide bonds. The van der Waals surface area contributed by atoms with E-state index in [1.807, 2.05) is 13.0 Å². The molecule has 1 aliphatic rings. The summed E-state index contributed by atoms with van der Waals surface area (Å²) in [5.74, 6) is 1.05. The Morgan fingerprint density at radius 1 is 1.34 bits per heavy atom. The highest BCUT2D eigenvalue weighted by atomic mass is 127. The van der Waals surface area contributed by atoms with E-state index in [0.29, 0.717) is 31.6 Å². The molecular formula is C19H31FIN3O4S. The molecule has 2 rings (SSSR count). The van der Waals surface area contributed by atoms with Gasteiger partial charge < -0.3 is 20.1 Å². The van der Waals surface area contributed by atoms with Crippen molar-refractivity contribution < 1.29 is 22.3 Å². The molecule has 1 atom stereocenters. The average Bonchev–Trinajstić information content (AvgIpc) is 3.45. The quantitative estimate of drug-likeness (QED) is 0.193. The van der Waals surface area contributed by atoms with E-state index in [0.717, 1.165) is 18.4 Å². The van der Waals surface area contributed by atoms with Gasteiger partial charge in [-0.05, 0) is 43.4 Å². The second-order valence-corrected chi connectivity index (χ2v) is 9.31. The van der Waals surface area contributed by atoms with E-state index < -0.39 is 9.84 Å². The van der Waals surface area contributed by atoms with Crippen LogP contribution in [0.2, 0.25) is 0 Å². The smallest absolute Gasteiger partial charge is 0.191 e. The van der Waals surface area contributed by atoms with Gasteiger partial charge in [-0.3, -0.25) is 4.99 Å². The Kier molecular flexibility index (Phi) is 11.2. The molecule has 29 heavy (non-hydrogen) atoms. The van der Waals surface area contributed by atoms with E-state index in [2.05, 4.69) is 15.6 Å². The first-order chi connectivity index (χ1) is 13.3. The van der Waals surface area contributed by atoms with Crippen LogP contribution >= 0.6 is 24.0 Å². The van der Waals surface area contributed by atoms with Crippen LogP contribution in [-0.4, -0.2) is 59.8 Å². The number of nitrogens with one attached hydrogen (secondary N) is 2. The molecule has 0 aromatic heterocycles. The Labute approximate surface area is 189 Å². The summed E-state index contributed by atoms with van der Waals surface area (Å²) in [5.41, 5.74) is 0.781. The fraction of sp³-hybridized carbons (Fsp3) is 0.632. The van der Waals surface area contributed by atoms with Crippen LogP contribution in [-0.2, 0) is 14.6 Å². The van der Waals surface area contributed by atoms with Crippen molar-refractivity contribution in [3.05, 3.63) is 29.6 Å². The predicted octanol–water partition coefficient (Wildman–Crippen LogP) is 2.52. The molecule has 0 radical (unpaired) electrons. The predicted molar refractivity (Wildman–Crippen MR) is 123 cm³/mol. The summed E-state index contributed by atoms with van der Waals surface area (Å²) in [4.78, 5) is 4.13. The van der Waals surface area contributed by atoms with Gasteiger partial charge in [0.15, 0.2) is 17.5 Å². The third kappa shape index (κ3) is 10.4. The van der Waals surface area contributed by atoms with Crippen molar-refractivity contribution in [1.82, 2.24) is 10.6 Å². The number of ether oxygens (including phenoxy) is 2. The molecular weight excluding hydrogens is 512 g/mol. The highest BCUT2D eigenvalue weighted by molar-refractivity contribution is 14.0. The number of hydrogen-bond acceptors (Lipinski definition) is 5. The molecule has 1 aliphatic carbocycles. The van der Waals surface area contributed by atoms with Crippen molar-refractivity contribution in [3.63, 3.8) is 0 Å². The standard InChI is InChI=1S/C19H30FN3O4S.HI/c1-14(16-6-7-18(17(20)12-16)27-13-15-4-5-15)23-19(21-2)22-8-9-26-10-11-28(3,24)25;/h6-7,12,14-15H,4-5,8-11,13H2,1-3H3,(H2,21,22,23);1H. The molecule has 2 N–H and O–H groups in total. The normalized spacial score (nSPS) is 15.4. The summed E-state index contributed by atoms with van der Waals surface area (Å²) >= 11 is 0. The van der Waals surface area contributed by atoms with Crippen LogP contribution in [0.5, 0.6) is 5.75 Å². The van der Waals surface area contributed by atoms with Gasteiger partial charge in [0, 0.05) is 19.8 Å². The van der Waals surface area contributed by atoms with E-state index in [4.69, 9.17) is 9.47 Å². The molecule has 0 spiro atoms. The first kappa shape index (κ1) is 25.9. The summed E-state index contributed by atoms with van der Waals surface area (Å²) < 4.78 is 47.1. The second kappa shape index (κ2) is 12.5. The summed E-state index contributed by atoms with van der Waals surface area (Å²) in [6, 6.07) is 4.81. The van der Waals surface area contributed by atoms with Crippen LogP contribution in [0, 0.1) is 11.7 Å². The van der Waals surface area contributed by atoms with E-state index in [1.165, 1.54) is 12.3 Å². The average molecular weight is 543 g/mol. The van der Waals surface area contributed by atoms with Crippen molar-refractivity contribution in [2.24, 2.45) is 10.9 Å². The Morgan fingerprint density at radius 3 is 2.66 bits per heavy atom. The minimum atomic E-state index is -3.01. The summed E-state index contributed by atoms with van der Waals surface area (Å²) in [6.07, 6.45) is 3.50. The molecule has 1 fully saturated rings. The number of sulfone groups is 1. The van der Waals surface area contributed by atoms with E-state index in [-0.39, 0.29) is 53.9 Å². The van der Waals surface area contributed by atoms with Crippen LogP contribution in [0.15, 0.2) is 23.2 Å². The Balaban J connectivity index is 0.00000420. The summed E-state index contributed by atoms with van der Waals surface area (Å²) in [7, 11) is -1.37. The van der Waals surface area contributed by atoms with Gasteiger partial charge in [-0.15, -0.1) is 24.0 Å². The van der Waals surface area contributed by atoms with Crippen molar-refractivity contribution in [2.75, 3.05) is 45.4 Å². The zero-order valence-electron chi connectivity index (χ0n) is 17.1. The van der Waals surface area contributed by atoms with Crippen molar-refractivity contribution in [1.29, 1.82) is 0 Å². The zero-order valence-corrected chi connectivity index (χ0v) is 20.3. The topological polar surface area (TPSA) is 89.0 Å². The maximum atomic E-state index is 14.2. The number of hydrogen-bond donors (Lipinski definition) is 2. The van der Waals surface area contributed by atoms with Gasteiger partial charge in [0.25, 0.3) is 0 Å². The zero-order chi connectivity index (χ0) is 20.6.